The summed E-state index contributed by atoms with van der Waals surface area (Å²) in [6.45, 7) is 1.04. The van der Waals surface area contributed by atoms with Crippen LogP contribution in [0.4, 0.5) is 0 Å². The summed E-state index contributed by atoms with van der Waals surface area (Å²) in [5.74, 6) is 2.21. The number of halogens is 2. The molecule has 0 radical (unpaired) electrons. The van der Waals surface area contributed by atoms with Crippen LogP contribution in [-0.2, 0) is 12.4 Å². The fourth-order valence-electron chi connectivity index (χ4n) is 2.39. The first-order chi connectivity index (χ1) is 8.28. The molecule has 0 amide bonds. The monoisotopic (exact) mass is 268 g/mol. The molecular weight excluding hydrogens is 255 g/mol. The zero-order valence-corrected chi connectivity index (χ0v) is 11.0. The Labute approximate surface area is 111 Å². The van der Waals surface area contributed by atoms with Crippen molar-refractivity contribution >= 4 is 34.2 Å². The molecule has 1 heterocycles. The molecule has 90 valence electrons. The molecule has 4 heteroatoms. The lowest BCUT2D eigenvalue weighted by Gasteiger charge is -2.26. The smallest absolute Gasteiger partial charge is 0.124 e. The van der Waals surface area contributed by atoms with Gasteiger partial charge in [0.05, 0.1) is 16.9 Å². The minimum absolute atomic E-state index is 0.457. The summed E-state index contributed by atoms with van der Waals surface area (Å²) in [4.78, 5) is 4.55. The van der Waals surface area contributed by atoms with Crippen molar-refractivity contribution in [3.63, 3.8) is 0 Å². The van der Waals surface area contributed by atoms with Crippen molar-refractivity contribution in [2.24, 2.45) is 5.92 Å². The second-order valence-electron chi connectivity index (χ2n) is 4.70. The van der Waals surface area contributed by atoms with Gasteiger partial charge in [0.1, 0.15) is 5.82 Å². The molecule has 0 atom stereocenters. The lowest BCUT2D eigenvalue weighted by Crippen LogP contribution is -2.19. The van der Waals surface area contributed by atoms with E-state index in [2.05, 4.69) is 9.55 Å². The number of rotatable bonds is 3. The summed E-state index contributed by atoms with van der Waals surface area (Å²) in [6.07, 6.45) is 4.02. The highest BCUT2D eigenvalue weighted by Crippen LogP contribution is 2.30. The van der Waals surface area contributed by atoms with Gasteiger partial charge in [0.2, 0.25) is 0 Å². The van der Waals surface area contributed by atoms with Crippen molar-refractivity contribution in [2.45, 2.75) is 31.7 Å². The van der Waals surface area contributed by atoms with Crippen LogP contribution >= 0.6 is 23.2 Å². The molecule has 1 aromatic heterocycles. The molecule has 2 aromatic rings. The summed E-state index contributed by atoms with van der Waals surface area (Å²) in [7, 11) is 0. The van der Waals surface area contributed by atoms with E-state index in [-0.39, 0.29) is 0 Å². The molecule has 0 saturated heterocycles. The van der Waals surface area contributed by atoms with Crippen molar-refractivity contribution in [1.82, 2.24) is 9.55 Å². The minimum atomic E-state index is 0.457. The molecule has 1 aliphatic carbocycles. The predicted octanol–water partition coefficient (Wildman–Crippen LogP) is 4.23. The zero-order chi connectivity index (χ0) is 11.8. The van der Waals surface area contributed by atoms with Crippen molar-refractivity contribution in [3.8, 4) is 0 Å². The molecule has 1 aliphatic rings. The number of fused-ring (bicyclic) bond motifs is 1. The predicted molar refractivity (Wildman–Crippen MR) is 71.6 cm³/mol. The number of aromatic nitrogens is 2. The van der Waals surface area contributed by atoms with Crippen molar-refractivity contribution in [3.05, 3.63) is 29.0 Å². The molecule has 2 nitrogen and oxygen atoms in total. The SMILES string of the molecule is ClCc1nc2cc(Cl)ccc2n1CC1CCC1. The zero-order valence-electron chi connectivity index (χ0n) is 9.50. The summed E-state index contributed by atoms with van der Waals surface area (Å²) < 4.78 is 2.25. The van der Waals surface area contributed by atoms with Gasteiger partial charge in [-0.1, -0.05) is 18.0 Å². The highest BCUT2D eigenvalue weighted by atomic mass is 35.5. The maximum absolute atomic E-state index is 5.99. The van der Waals surface area contributed by atoms with E-state index in [9.17, 15) is 0 Å². The summed E-state index contributed by atoms with van der Waals surface area (Å²) in [6, 6.07) is 5.87. The van der Waals surface area contributed by atoms with Gasteiger partial charge in [-0.3, -0.25) is 0 Å². The number of hydrogen-bond donors (Lipinski definition) is 0. The van der Waals surface area contributed by atoms with E-state index in [0.29, 0.717) is 5.88 Å². The Balaban J connectivity index is 2.05. The molecule has 0 bridgehead atoms. The van der Waals surface area contributed by atoms with E-state index in [0.717, 1.165) is 34.3 Å². The number of alkyl halides is 1. The molecule has 1 fully saturated rings. The van der Waals surface area contributed by atoms with Crippen LogP contribution in [-0.4, -0.2) is 9.55 Å². The van der Waals surface area contributed by atoms with E-state index in [4.69, 9.17) is 23.2 Å². The first-order valence-corrected chi connectivity index (χ1v) is 6.90. The second-order valence-corrected chi connectivity index (χ2v) is 5.41. The van der Waals surface area contributed by atoms with Crippen LogP contribution in [0, 0.1) is 5.92 Å². The fourth-order valence-corrected chi connectivity index (χ4v) is 2.76. The van der Waals surface area contributed by atoms with E-state index < -0.39 is 0 Å². The highest BCUT2D eigenvalue weighted by Gasteiger charge is 2.20. The molecule has 0 spiro atoms. The van der Waals surface area contributed by atoms with E-state index in [1.54, 1.807) is 0 Å². The van der Waals surface area contributed by atoms with Gasteiger partial charge in [0, 0.05) is 11.6 Å². The average Bonchev–Trinajstić information content (AvgIpc) is 2.60. The first-order valence-electron chi connectivity index (χ1n) is 5.98. The van der Waals surface area contributed by atoms with Crippen LogP contribution in [0.1, 0.15) is 25.1 Å². The summed E-state index contributed by atoms with van der Waals surface area (Å²) >= 11 is 12.0. The summed E-state index contributed by atoms with van der Waals surface area (Å²) in [5, 5.41) is 0.729. The van der Waals surface area contributed by atoms with Crippen molar-refractivity contribution in [1.29, 1.82) is 0 Å². The Morgan fingerprint density at radius 2 is 2.18 bits per heavy atom. The quantitative estimate of drug-likeness (QED) is 0.762. The van der Waals surface area contributed by atoms with Gasteiger partial charge in [-0.2, -0.15) is 0 Å². The molecule has 17 heavy (non-hydrogen) atoms. The Bertz CT molecular complexity index is 544. The third-order valence-electron chi connectivity index (χ3n) is 3.57. The highest BCUT2D eigenvalue weighted by molar-refractivity contribution is 6.31. The molecule has 0 aliphatic heterocycles. The van der Waals surface area contributed by atoms with Gasteiger partial charge in [-0.15, -0.1) is 11.6 Å². The van der Waals surface area contributed by atoms with Gasteiger partial charge in [-0.25, -0.2) is 4.98 Å². The molecular formula is C13H14Cl2N2. The van der Waals surface area contributed by atoms with Crippen LogP contribution < -0.4 is 0 Å². The van der Waals surface area contributed by atoms with Crippen LogP contribution in [0.5, 0.6) is 0 Å². The van der Waals surface area contributed by atoms with Gasteiger partial charge in [0.25, 0.3) is 0 Å². The molecule has 0 unspecified atom stereocenters. The van der Waals surface area contributed by atoms with Crippen molar-refractivity contribution in [2.75, 3.05) is 0 Å². The Morgan fingerprint density at radius 1 is 1.35 bits per heavy atom. The first kappa shape index (κ1) is 11.4. The minimum Gasteiger partial charge on any atom is -0.327 e. The largest absolute Gasteiger partial charge is 0.327 e. The molecule has 1 aromatic carbocycles. The van der Waals surface area contributed by atoms with Crippen LogP contribution in [0.2, 0.25) is 5.02 Å². The molecule has 0 N–H and O–H groups in total. The van der Waals surface area contributed by atoms with E-state index in [1.807, 2.05) is 18.2 Å². The van der Waals surface area contributed by atoms with Gasteiger partial charge < -0.3 is 4.57 Å². The number of imidazole rings is 1. The second kappa shape index (κ2) is 4.51. The Kier molecular flexibility index (Phi) is 3.01. The molecule has 1 saturated carbocycles. The maximum Gasteiger partial charge on any atom is 0.124 e. The van der Waals surface area contributed by atoms with E-state index in [1.165, 1.54) is 19.3 Å². The lowest BCUT2D eigenvalue weighted by molar-refractivity contribution is 0.277. The van der Waals surface area contributed by atoms with Gasteiger partial charge in [0.15, 0.2) is 0 Å². The Hall–Kier alpha value is -0.730. The number of hydrogen-bond acceptors (Lipinski definition) is 1. The third kappa shape index (κ3) is 2.04. The van der Waals surface area contributed by atoms with Gasteiger partial charge in [-0.05, 0) is 37.0 Å². The summed E-state index contributed by atoms with van der Waals surface area (Å²) in [5.41, 5.74) is 2.10. The number of nitrogens with zero attached hydrogens (tertiary/aromatic N) is 2. The fraction of sp³-hybridized carbons (Fsp3) is 0.462. The van der Waals surface area contributed by atoms with Crippen LogP contribution in [0.15, 0.2) is 18.2 Å². The van der Waals surface area contributed by atoms with Crippen LogP contribution in [0.3, 0.4) is 0 Å². The standard InChI is InChI=1S/C13H14Cl2N2/c14-7-13-16-11-6-10(15)4-5-12(11)17(13)8-9-2-1-3-9/h4-6,9H,1-3,7-8H2. The van der Waals surface area contributed by atoms with Crippen LogP contribution in [0.25, 0.3) is 11.0 Å². The van der Waals surface area contributed by atoms with Gasteiger partial charge >= 0.3 is 0 Å². The Morgan fingerprint density at radius 3 is 2.82 bits per heavy atom. The normalized spacial score (nSPS) is 16.4. The topological polar surface area (TPSA) is 17.8 Å². The third-order valence-corrected chi connectivity index (χ3v) is 4.05. The van der Waals surface area contributed by atoms with E-state index >= 15 is 0 Å². The average molecular weight is 269 g/mol. The maximum atomic E-state index is 5.99. The number of benzene rings is 1. The molecule has 3 rings (SSSR count). The lowest BCUT2D eigenvalue weighted by atomic mass is 9.85. The van der Waals surface area contributed by atoms with Crippen molar-refractivity contribution < 1.29 is 0 Å².